The highest BCUT2D eigenvalue weighted by atomic mass is 19.4. The van der Waals surface area contributed by atoms with Crippen molar-refractivity contribution in [2.75, 3.05) is 25.5 Å². The van der Waals surface area contributed by atoms with Crippen molar-refractivity contribution in [2.24, 2.45) is 13.0 Å². The number of likely N-dealkylation sites (N-methyl/N-ethyl adjacent to an activating group) is 1. The zero-order chi connectivity index (χ0) is 19.1. The highest BCUT2D eigenvalue weighted by molar-refractivity contribution is 5.93. The summed E-state index contributed by atoms with van der Waals surface area (Å²) in [5.41, 5.74) is -0.611. The Morgan fingerprint density at radius 2 is 1.92 bits per heavy atom. The van der Waals surface area contributed by atoms with Gasteiger partial charge in [0.2, 0.25) is 5.91 Å². The topological polar surface area (TPSA) is 50.2 Å². The molecule has 0 radical (unpaired) electrons. The quantitative estimate of drug-likeness (QED) is 0.846. The number of likely N-dealkylation sites (tertiary alicyclic amines) is 1. The van der Waals surface area contributed by atoms with E-state index in [4.69, 9.17) is 0 Å². The summed E-state index contributed by atoms with van der Waals surface area (Å²) >= 11 is 0. The Balaban J connectivity index is 1.86. The third kappa shape index (κ3) is 3.57. The van der Waals surface area contributed by atoms with Crippen molar-refractivity contribution >= 4 is 11.6 Å². The summed E-state index contributed by atoms with van der Waals surface area (Å²) in [6, 6.07) is 6.74. The SMILES string of the molecule is CN1C[C@H](C(=O)Nc2ccccc2F)[C@@H](c2cc(C(F)(F)F)nn2C)C1. The molecule has 1 fully saturated rings. The molecule has 1 aromatic heterocycles. The van der Waals surface area contributed by atoms with Gasteiger partial charge >= 0.3 is 6.18 Å². The highest BCUT2D eigenvalue weighted by Gasteiger charge is 2.41. The summed E-state index contributed by atoms with van der Waals surface area (Å²) in [4.78, 5) is 14.5. The molecular formula is C17H18F4N4O. The number of carbonyl (C=O) groups excluding carboxylic acids is 1. The number of nitrogens with zero attached hydrogens (tertiary/aromatic N) is 3. The van der Waals surface area contributed by atoms with Gasteiger partial charge in [0.1, 0.15) is 5.82 Å². The van der Waals surface area contributed by atoms with Crippen molar-refractivity contribution in [3.05, 3.63) is 47.5 Å². The lowest BCUT2D eigenvalue weighted by molar-refractivity contribution is -0.141. The Labute approximate surface area is 147 Å². The van der Waals surface area contributed by atoms with Crippen LogP contribution in [0.1, 0.15) is 17.3 Å². The number of hydrogen-bond acceptors (Lipinski definition) is 3. The summed E-state index contributed by atoms with van der Waals surface area (Å²) in [7, 11) is 3.21. The molecule has 2 atom stereocenters. The van der Waals surface area contributed by atoms with Crippen molar-refractivity contribution in [2.45, 2.75) is 12.1 Å². The molecule has 0 unspecified atom stereocenters. The van der Waals surface area contributed by atoms with Gasteiger partial charge in [-0.15, -0.1) is 0 Å². The number of rotatable bonds is 3. The second-order valence-corrected chi connectivity index (χ2v) is 6.48. The number of aromatic nitrogens is 2. The van der Waals surface area contributed by atoms with Crippen LogP contribution in [-0.2, 0) is 18.0 Å². The van der Waals surface area contributed by atoms with Crippen LogP contribution < -0.4 is 5.32 Å². The number of amides is 1. The summed E-state index contributed by atoms with van der Waals surface area (Å²) in [6.45, 7) is 0.768. The maximum Gasteiger partial charge on any atom is 0.435 e. The van der Waals surface area contributed by atoms with Gasteiger partial charge < -0.3 is 10.2 Å². The summed E-state index contributed by atoms with van der Waals surface area (Å²) in [5, 5.41) is 6.06. The lowest BCUT2D eigenvalue weighted by Crippen LogP contribution is -2.29. The normalized spacial score (nSPS) is 21.2. The molecule has 1 saturated heterocycles. The zero-order valence-corrected chi connectivity index (χ0v) is 14.2. The highest BCUT2D eigenvalue weighted by Crippen LogP contribution is 2.36. The van der Waals surface area contributed by atoms with Crippen LogP contribution >= 0.6 is 0 Å². The first-order valence-corrected chi connectivity index (χ1v) is 8.02. The van der Waals surface area contributed by atoms with Crippen molar-refractivity contribution in [1.82, 2.24) is 14.7 Å². The molecule has 0 spiro atoms. The molecule has 3 rings (SSSR count). The molecular weight excluding hydrogens is 352 g/mol. The Morgan fingerprint density at radius 1 is 1.23 bits per heavy atom. The van der Waals surface area contributed by atoms with Gasteiger partial charge in [-0.05, 0) is 25.2 Å². The Hall–Kier alpha value is -2.42. The number of alkyl halides is 3. The lowest BCUT2D eigenvalue weighted by atomic mass is 9.91. The number of anilines is 1. The fourth-order valence-electron chi connectivity index (χ4n) is 3.32. The van der Waals surface area contributed by atoms with Crippen LogP contribution in [0, 0.1) is 11.7 Å². The number of aryl methyl sites for hydroxylation is 1. The molecule has 140 valence electrons. The molecule has 1 aliphatic rings. The molecule has 0 aliphatic carbocycles. The largest absolute Gasteiger partial charge is 0.435 e. The molecule has 2 aromatic rings. The van der Waals surface area contributed by atoms with E-state index >= 15 is 0 Å². The minimum absolute atomic E-state index is 0.0480. The smallest absolute Gasteiger partial charge is 0.323 e. The third-order valence-corrected chi connectivity index (χ3v) is 4.56. The van der Waals surface area contributed by atoms with Crippen LogP contribution in [0.3, 0.4) is 0 Å². The van der Waals surface area contributed by atoms with E-state index in [0.717, 1.165) is 10.7 Å². The molecule has 1 N–H and O–H groups in total. The van der Waals surface area contributed by atoms with E-state index in [0.29, 0.717) is 18.8 Å². The van der Waals surface area contributed by atoms with Crippen LogP contribution in [0.25, 0.3) is 0 Å². The first-order chi connectivity index (χ1) is 12.2. The lowest BCUT2D eigenvalue weighted by Gasteiger charge is -2.18. The van der Waals surface area contributed by atoms with E-state index in [2.05, 4.69) is 10.4 Å². The predicted molar refractivity (Wildman–Crippen MR) is 87.0 cm³/mol. The van der Waals surface area contributed by atoms with Gasteiger partial charge in [-0.3, -0.25) is 9.48 Å². The number of para-hydroxylation sites is 1. The van der Waals surface area contributed by atoms with Gasteiger partial charge in [-0.1, -0.05) is 12.1 Å². The molecule has 0 saturated carbocycles. The summed E-state index contributed by atoms with van der Waals surface area (Å²) in [5.74, 6) is -2.08. The Morgan fingerprint density at radius 3 is 2.54 bits per heavy atom. The van der Waals surface area contributed by atoms with E-state index < -0.39 is 35.4 Å². The number of benzene rings is 1. The van der Waals surface area contributed by atoms with Crippen molar-refractivity contribution < 1.29 is 22.4 Å². The van der Waals surface area contributed by atoms with Crippen LogP contribution in [0.5, 0.6) is 0 Å². The van der Waals surface area contributed by atoms with E-state index in [9.17, 15) is 22.4 Å². The van der Waals surface area contributed by atoms with Crippen molar-refractivity contribution in [1.29, 1.82) is 0 Å². The second kappa shape index (κ2) is 6.71. The fourth-order valence-corrected chi connectivity index (χ4v) is 3.32. The molecule has 1 aromatic carbocycles. The standard InChI is InChI=1S/C17H18F4N4O/c1-24-8-10(14-7-15(17(19,20)21)23-25(14)2)11(9-24)16(26)22-13-6-4-3-5-12(13)18/h3-7,10-11H,8-9H2,1-2H3,(H,22,26)/t10-,11-/m0/s1. The minimum Gasteiger partial charge on any atom is -0.323 e. The molecule has 9 heteroatoms. The van der Waals surface area contributed by atoms with E-state index in [1.54, 1.807) is 13.1 Å². The van der Waals surface area contributed by atoms with Crippen LogP contribution in [-0.4, -0.2) is 40.7 Å². The maximum atomic E-state index is 13.8. The number of carbonyl (C=O) groups is 1. The van der Waals surface area contributed by atoms with Gasteiger partial charge in [0.15, 0.2) is 5.69 Å². The zero-order valence-electron chi connectivity index (χ0n) is 14.2. The summed E-state index contributed by atoms with van der Waals surface area (Å²) in [6.07, 6.45) is -4.55. The van der Waals surface area contributed by atoms with Crippen molar-refractivity contribution in [3.63, 3.8) is 0 Å². The van der Waals surface area contributed by atoms with Crippen molar-refractivity contribution in [3.8, 4) is 0 Å². The number of nitrogens with one attached hydrogen (secondary N) is 1. The molecule has 0 bridgehead atoms. The average Bonchev–Trinajstić information content (AvgIpc) is 3.12. The average molecular weight is 370 g/mol. The predicted octanol–water partition coefficient (Wildman–Crippen LogP) is 2.86. The molecule has 2 heterocycles. The van der Waals surface area contributed by atoms with Gasteiger partial charge in [-0.25, -0.2) is 4.39 Å². The maximum absolute atomic E-state index is 13.8. The number of hydrogen-bond donors (Lipinski definition) is 1. The van der Waals surface area contributed by atoms with Gasteiger partial charge in [0.05, 0.1) is 11.6 Å². The first-order valence-electron chi connectivity index (χ1n) is 8.02. The number of halogens is 4. The second-order valence-electron chi connectivity index (χ2n) is 6.48. The third-order valence-electron chi connectivity index (χ3n) is 4.56. The van der Waals surface area contributed by atoms with E-state index in [1.807, 2.05) is 4.90 Å². The van der Waals surface area contributed by atoms with Crippen LogP contribution in [0.4, 0.5) is 23.2 Å². The molecule has 5 nitrogen and oxygen atoms in total. The summed E-state index contributed by atoms with van der Waals surface area (Å²) < 4.78 is 53.7. The van der Waals surface area contributed by atoms with Gasteiger partial charge in [-0.2, -0.15) is 18.3 Å². The minimum atomic E-state index is -4.55. The molecule has 26 heavy (non-hydrogen) atoms. The van der Waals surface area contributed by atoms with Gasteiger partial charge in [0, 0.05) is 31.7 Å². The van der Waals surface area contributed by atoms with E-state index in [1.165, 1.54) is 25.2 Å². The molecule has 1 aliphatic heterocycles. The first kappa shape index (κ1) is 18.4. The Bertz CT molecular complexity index is 817. The van der Waals surface area contributed by atoms with E-state index in [-0.39, 0.29) is 5.69 Å². The van der Waals surface area contributed by atoms with Crippen LogP contribution in [0.2, 0.25) is 0 Å². The molecule has 1 amide bonds. The monoisotopic (exact) mass is 370 g/mol. The fraction of sp³-hybridized carbons (Fsp3) is 0.412. The van der Waals surface area contributed by atoms with Gasteiger partial charge in [0.25, 0.3) is 0 Å². The Kier molecular flexibility index (Phi) is 4.74. The van der Waals surface area contributed by atoms with Crippen LogP contribution in [0.15, 0.2) is 30.3 Å².